The van der Waals surface area contributed by atoms with Crippen LogP contribution in [0.1, 0.15) is 31.7 Å². The fraction of sp³-hybridized carbons (Fsp3) is 0.600. The van der Waals surface area contributed by atoms with E-state index in [0.29, 0.717) is 19.1 Å². The summed E-state index contributed by atoms with van der Waals surface area (Å²) in [5.41, 5.74) is 1.27. The van der Waals surface area contributed by atoms with E-state index in [1.807, 2.05) is 30.0 Å². The van der Waals surface area contributed by atoms with Crippen LogP contribution in [0.3, 0.4) is 0 Å². The summed E-state index contributed by atoms with van der Waals surface area (Å²) in [5.74, 6) is 0.238. The largest absolute Gasteiger partial charge is 0.450 e. The van der Waals surface area contributed by atoms with Crippen molar-refractivity contribution in [2.75, 3.05) is 32.8 Å². The molecule has 142 valence electrons. The highest BCUT2D eigenvalue weighted by Crippen LogP contribution is 2.17. The molecular weight excluding hydrogens is 330 g/mol. The molecule has 2 fully saturated rings. The monoisotopic (exact) mass is 359 g/mol. The quantitative estimate of drug-likeness (QED) is 0.844. The van der Waals surface area contributed by atoms with Gasteiger partial charge in [0.05, 0.1) is 6.61 Å². The molecule has 6 heteroatoms. The van der Waals surface area contributed by atoms with Crippen molar-refractivity contribution in [2.24, 2.45) is 0 Å². The second-order valence-electron chi connectivity index (χ2n) is 7.10. The number of hydrogen-bond donors (Lipinski definition) is 1. The van der Waals surface area contributed by atoms with Crippen molar-refractivity contribution < 1.29 is 14.3 Å². The molecule has 2 aliphatic rings. The van der Waals surface area contributed by atoms with Crippen LogP contribution in [-0.4, -0.2) is 66.7 Å². The number of likely N-dealkylation sites (tertiary alicyclic amines) is 2. The van der Waals surface area contributed by atoms with Gasteiger partial charge >= 0.3 is 6.09 Å². The van der Waals surface area contributed by atoms with E-state index in [2.05, 4.69) is 17.4 Å². The Morgan fingerprint density at radius 1 is 1.19 bits per heavy atom. The van der Waals surface area contributed by atoms with E-state index < -0.39 is 0 Å². The summed E-state index contributed by atoms with van der Waals surface area (Å²) >= 11 is 0. The minimum Gasteiger partial charge on any atom is -0.450 e. The fourth-order valence-electron chi connectivity index (χ4n) is 3.79. The highest BCUT2D eigenvalue weighted by molar-refractivity contribution is 5.79. The van der Waals surface area contributed by atoms with Gasteiger partial charge in [0.15, 0.2) is 0 Å². The minimum absolute atomic E-state index is 0.214. The van der Waals surface area contributed by atoms with Crippen molar-refractivity contribution in [3.8, 4) is 0 Å². The number of carbonyl (C=O) groups is 2. The first-order chi connectivity index (χ1) is 12.7. The molecule has 1 N–H and O–H groups in total. The van der Waals surface area contributed by atoms with Crippen LogP contribution in [0.25, 0.3) is 0 Å². The first-order valence-electron chi connectivity index (χ1n) is 9.65. The maximum Gasteiger partial charge on any atom is 0.409 e. The number of amides is 2. The lowest BCUT2D eigenvalue weighted by Gasteiger charge is -2.33. The normalized spacial score (nSPS) is 21.3. The molecule has 1 aromatic carbocycles. The summed E-state index contributed by atoms with van der Waals surface area (Å²) in [6, 6.07) is 10.9. The Morgan fingerprint density at radius 3 is 2.62 bits per heavy atom. The van der Waals surface area contributed by atoms with Crippen LogP contribution in [0.2, 0.25) is 0 Å². The number of nitrogens with one attached hydrogen (secondary N) is 1. The molecule has 0 spiro atoms. The van der Waals surface area contributed by atoms with Gasteiger partial charge in [-0.25, -0.2) is 4.79 Å². The molecule has 2 aliphatic heterocycles. The molecule has 2 saturated heterocycles. The maximum atomic E-state index is 12.3. The van der Waals surface area contributed by atoms with Crippen LogP contribution in [0.5, 0.6) is 0 Å². The van der Waals surface area contributed by atoms with Gasteiger partial charge in [-0.1, -0.05) is 30.3 Å². The molecular formula is C20H29N3O3. The Kier molecular flexibility index (Phi) is 6.50. The van der Waals surface area contributed by atoms with Gasteiger partial charge in [-0.3, -0.25) is 4.79 Å². The third kappa shape index (κ3) is 4.97. The van der Waals surface area contributed by atoms with Crippen molar-refractivity contribution in [1.29, 1.82) is 0 Å². The van der Waals surface area contributed by atoms with Gasteiger partial charge < -0.3 is 19.9 Å². The zero-order valence-electron chi connectivity index (χ0n) is 15.5. The second kappa shape index (κ2) is 9.03. The van der Waals surface area contributed by atoms with Gasteiger partial charge in [-0.05, 0) is 31.7 Å². The molecule has 1 atom stereocenters. The Morgan fingerprint density at radius 2 is 1.92 bits per heavy atom. The smallest absolute Gasteiger partial charge is 0.409 e. The molecule has 2 amide bonds. The second-order valence-corrected chi connectivity index (χ2v) is 7.10. The molecule has 0 saturated carbocycles. The SMILES string of the molecule is CCOC(=O)N1CCC(N[C@H]2CC(=O)N(CCc3ccccc3)C2)CC1. The molecule has 2 heterocycles. The summed E-state index contributed by atoms with van der Waals surface area (Å²) in [5, 5.41) is 3.63. The Hall–Kier alpha value is -2.08. The topological polar surface area (TPSA) is 61.9 Å². The van der Waals surface area contributed by atoms with E-state index in [-0.39, 0.29) is 18.0 Å². The molecule has 0 aromatic heterocycles. The first kappa shape index (κ1) is 18.7. The number of ether oxygens (including phenoxy) is 1. The Balaban J connectivity index is 1.40. The molecule has 0 aliphatic carbocycles. The van der Waals surface area contributed by atoms with Crippen molar-refractivity contribution >= 4 is 12.0 Å². The molecule has 0 bridgehead atoms. The molecule has 6 nitrogen and oxygen atoms in total. The van der Waals surface area contributed by atoms with E-state index in [1.165, 1.54) is 5.56 Å². The highest BCUT2D eigenvalue weighted by atomic mass is 16.6. The molecule has 3 rings (SSSR count). The van der Waals surface area contributed by atoms with Crippen LogP contribution in [0.15, 0.2) is 30.3 Å². The Bertz CT molecular complexity index is 600. The van der Waals surface area contributed by atoms with Crippen molar-refractivity contribution in [3.05, 3.63) is 35.9 Å². The Labute approximate surface area is 155 Å². The summed E-state index contributed by atoms with van der Waals surface area (Å²) < 4.78 is 5.06. The summed E-state index contributed by atoms with van der Waals surface area (Å²) in [6.45, 7) is 5.24. The lowest BCUT2D eigenvalue weighted by Crippen LogP contribution is -2.48. The minimum atomic E-state index is -0.214. The average molecular weight is 359 g/mol. The number of piperidine rings is 1. The zero-order valence-corrected chi connectivity index (χ0v) is 15.5. The standard InChI is InChI=1S/C20H29N3O3/c1-2-26-20(25)22-12-9-17(10-13-22)21-18-14-19(24)23(15-18)11-8-16-6-4-3-5-7-16/h3-7,17-18,21H,2,8-15H2,1H3/t18-/m0/s1. The summed E-state index contributed by atoms with van der Waals surface area (Å²) in [7, 11) is 0. The summed E-state index contributed by atoms with van der Waals surface area (Å²) in [6.07, 6.45) is 3.08. The van der Waals surface area contributed by atoms with Gasteiger partial charge in [0.1, 0.15) is 0 Å². The fourth-order valence-corrected chi connectivity index (χ4v) is 3.79. The number of nitrogens with zero attached hydrogens (tertiary/aromatic N) is 2. The number of hydrogen-bond acceptors (Lipinski definition) is 4. The average Bonchev–Trinajstić information content (AvgIpc) is 3.01. The highest BCUT2D eigenvalue weighted by Gasteiger charge is 2.32. The third-order valence-electron chi connectivity index (χ3n) is 5.22. The number of carbonyl (C=O) groups excluding carboxylic acids is 2. The van der Waals surface area contributed by atoms with E-state index >= 15 is 0 Å². The third-order valence-corrected chi connectivity index (χ3v) is 5.22. The van der Waals surface area contributed by atoms with Crippen LogP contribution < -0.4 is 5.32 Å². The lowest BCUT2D eigenvalue weighted by molar-refractivity contribution is -0.127. The predicted octanol–water partition coefficient (Wildman–Crippen LogP) is 2.04. The van der Waals surface area contributed by atoms with Crippen LogP contribution in [-0.2, 0) is 16.0 Å². The predicted molar refractivity (Wildman–Crippen MR) is 99.9 cm³/mol. The summed E-state index contributed by atoms with van der Waals surface area (Å²) in [4.78, 5) is 27.8. The number of benzene rings is 1. The first-order valence-corrected chi connectivity index (χ1v) is 9.65. The van der Waals surface area contributed by atoms with Crippen molar-refractivity contribution in [2.45, 2.75) is 44.7 Å². The van der Waals surface area contributed by atoms with Gasteiger partial charge in [0, 0.05) is 44.7 Å². The van der Waals surface area contributed by atoms with Crippen molar-refractivity contribution in [1.82, 2.24) is 15.1 Å². The van der Waals surface area contributed by atoms with Crippen LogP contribution >= 0.6 is 0 Å². The van der Waals surface area contributed by atoms with Crippen molar-refractivity contribution in [3.63, 3.8) is 0 Å². The molecule has 0 unspecified atom stereocenters. The van der Waals surface area contributed by atoms with Crippen LogP contribution in [0.4, 0.5) is 4.79 Å². The van der Waals surface area contributed by atoms with E-state index in [9.17, 15) is 9.59 Å². The molecule has 1 aromatic rings. The van der Waals surface area contributed by atoms with Gasteiger partial charge in [0.2, 0.25) is 5.91 Å². The van der Waals surface area contributed by atoms with Crippen LogP contribution in [0, 0.1) is 0 Å². The molecule has 0 radical (unpaired) electrons. The lowest BCUT2D eigenvalue weighted by atomic mass is 10.0. The van der Waals surface area contributed by atoms with Gasteiger partial charge in [-0.15, -0.1) is 0 Å². The number of rotatable bonds is 6. The van der Waals surface area contributed by atoms with Gasteiger partial charge in [-0.2, -0.15) is 0 Å². The zero-order chi connectivity index (χ0) is 18.4. The molecule has 26 heavy (non-hydrogen) atoms. The van der Waals surface area contributed by atoms with E-state index in [4.69, 9.17) is 4.74 Å². The van der Waals surface area contributed by atoms with E-state index in [1.54, 1.807) is 4.90 Å². The maximum absolute atomic E-state index is 12.3. The van der Waals surface area contributed by atoms with E-state index in [0.717, 1.165) is 45.4 Å². The van der Waals surface area contributed by atoms with Gasteiger partial charge in [0.25, 0.3) is 0 Å².